The van der Waals surface area contributed by atoms with Crippen LogP contribution in [-0.4, -0.2) is 23.2 Å². The maximum absolute atomic E-state index is 5.62. The number of ether oxygens (including phenoxy) is 1. The summed E-state index contributed by atoms with van der Waals surface area (Å²) in [6.07, 6.45) is 9.28. The molecule has 1 saturated heterocycles. The average Bonchev–Trinajstić information content (AvgIpc) is 2.23. The van der Waals surface area contributed by atoms with Gasteiger partial charge in [-0.15, -0.1) is 0 Å². The molecule has 92 valence electrons. The summed E-state index contributed by atoms with van der Waals surface area (Å²) in [5.74, 6) is 0.828. The van der Waals surface area contributed by atoms with Gasteiger partial charge in [0.2, 0.25) is 0 Å². The Balaban J connectivity index is 2.05. The third-order valence-electron chi connectivity index (χ3n) is 2.92. The van der Waals surface area contributed by atoms with E-state index in [0.717, 1.165) is 17.9 Å². The van der Waals surface area contributed by atoms with Gasteiger partial charge >= 0.3 is 0 Å². The van der Waals surface area contributed by atoms with Gasteiger partial charge in [0.15, 0.2) is 0 Å². The lowest BCUT2D eigenvalue weighted by Crippen LogP contribution is -2.52. The Morgan fingerprint density at radius 3 is 2.82 bits per heavy atom. The molecule has 17 heavy (non-hydrogen) atoms. The molecule has 1 aromatic heterocycles. The van der Waals surface area contributed by atoms with Gasteiger partial charge in [0.1, 0.15) is 5.75 Å². The molecule has 3 nitrogen and oxygen atoms in total. The highest BCUT2D eigenvalue weighted by atomic mass is 16.5. The van der Waals surface area contributed by atoms with E-state index in [1.807, 2.05) is 26.1 Å². The van der Waals surface area contributed by atoms with Crippen LogP contribution in [0.5, 0.6) is 5.75 Å². The zero-order valence-electron chi connectivity index (χ0n) is 10.7. The second kappa shape index (κ2) is 4.88. The summed E-state index contributed by atoms with van der Waals surface area (Å²) in [7, 11) is 0. The lowest BCUT2D eigenvalue weighted by Gasteiger charge is -2.37. The first-order chi connectivity index (χ1) is 8.07. The van der Waals surface area contributed by atoms with Crippen LogP contribution in [0.2, 0.25) is 0 Å². The molecule has 2 heterocycles. The number of nitrogens with one attached hydrogen (secondary N) is 1. The minimum Gasteiger partial charge on any atom is -0.489 e. The molecule has 0 spiro atoms. The van der Waals surface area contributed by atoms with Gasteiger partial charge in [0.05, 0.1) is 12.3 Å². The molecule has 0 radical (unpaired) electrons. The fourth-order valence-corrected chi connectivity index (χ4v) is 1.81. The minimum absolute atomic E-state index is 0.162. The first-order valence-corrected chi connectivity index (χ1v) is 6.13. The van der Waals surface area contributed by atoms with Crippen molar-refractivity contribution in [1.82, 2.24) is 10.3 Å². The highest BCUT2D eigenvalue weighted by molar-refractivity contribution is 5.51. The van der Waals surface area contributed by atoms with Gasteiger partial charge in [-0.1, -0.05) is 12.2 Å². The van der Waals surface area contributed by atoms with Crippen molar-refractivity contribution >= 4 is 6.08 Å². The molecule has 2 rings (SSSR count). The van der Waals surface area contributed by atoms with Crippen molar-refractivity contribution < 1.29 is 4.74 Å². The molecular formula is C14H20N2O. The Labute approximate surface area is 103 Å². The normalized spacial score (nSPS) is 24.0. The van der Waals surface area contributed by atoms with E-state index in [4.69, 9.17) is 4.74 Å². The summed E-state index contributed by atoms with van der Waals surface area (Å²) in [4.78, 5) is 4.19. The molecule has 1 aliphatic heterocycles. The first-order valence-electron chi connectivity index (χ1n) is 6.13. The fraction of sp³-hybridized carbons (Fsp3) is 0.500. The standard InChI is InChI=1S/C14H20N2O/c1-11(2)17-13-8-12(9-15-10-13)4-5-14(3)6-7-16-14/h4-5,8-11,16H,6-7H2,1-3H3. The molecule has 1 N–H and O–H groups in total. The molecule has 3 heteroatoms. The van der Waals surface area contributed by atoms with Crippen molar-refractivity contribution in [2.75, 3.05) is 6.54 Å². The average molecular weight is 232 g/mol. The molecule has 1 aliphatic rings. The molecule has 0 aromatic carbocycles. The van der Waals surface area contributed by atoms with E-state index in [0.29, 0.717) is 0 Å². The van der Waals surface area contributed by atoms with E-state index in [1.54, 1.807) is 6.20 Å². The summed E-state index contributed by atoms with van der Waals surface area (Å²) in [6, 6.07) is 2.02. The molecule has 0 amide bonds. The van der Waals surface area contributed by atoms with Crippen LogP contribution in [0.4, 0.5) is 0 Å². The lowest BCUT2D eigenvalue weighted by atomic mass is 9.89. The lowest BCUT2D eigenvalue weighted by molar-refractivity contribution is 0.241. The Kier molecular flexibility index (Phi) is 3.48. The fourth-order valence-electron chi connectivity index (χ4n) is 1.81. The Hall–Kier alpha value is -1.35. The van der Waals surface area contributed by atoms with Crippen LogP contribution >= 0.6 is 0 Å². The van der Waals surface area contributed by atoms with Crippen molar-refractivity contribution in [1.29, 1.82) is 0 Å². The van der Waals surface area contributed by atoms with Crippen LogP contribution in [0, 0.1) is 0 Å². The number of pyridine rings is 1. The molecule has 0 bridgehead atoms. The highest BCUT2D eigenvalue weighted by Gasteiger charge is 2.27. The Morgan fingerprint density at radius 2 is 2.24 bits per heavy atom. The summed E-state index contributed by atoms with van der Waals surface area (Å²) < 4.78 is 5.62. The smallest absolute Gasteiger partial charge is 0.138 e. The number of rotatable bonds is 4. The van der Waals surface area contributed by atoms with Gasteiger partial charge in [-0.2, -0.15) is 0 Å². The second-order valence-electron chi connectivity index (χ2n) is 5.05. The number of aromatic nitrogens is 1. The van der Waals surface area contributed by atoms with Crippen molar-refractivity contribution in [3.8, 4) is 5.75 Å². The molecule has 1 unspecified atom stereocenters. The topological polar surface area (TPSA) is 34.1 Å². The first kappa shape index (κ1) is 12.1. The Bertz CT molecular complexity index is 408. The SMILES string of the molecule is CC(C)Oc1cncc(C=CC2(C)CCN2)c1. The largest absolute Gasteiger partial charge is 0.489 e. The predicted molar refractivity (Wildman–Crippen MR) is 70.1 cm³/mol. The van der Waals surface area contributed by atoms with Crippen LogP contribution < -0.4 is 10.1 Å². The third kappa shape index (κ3) is 3.30. The molecule has 1 atom stereocenters. The van der Waals surface area contributed by atoms with Gasteiger partial charge in [0, 0.05) is 11.7 Å². The van der Waals surface area contributed by atoms with Crippen LogP contribution in [0.3, 0.4) is 0 Å². The molecule has 1 fully saturated rings. The van der Waals surface area contributed by atoms with E-state index in [-0.39, 0.29) is 11.6 Å². The number of hydrogen-bond donors (Lipinski definition) is 1. The van der Waals surface area contributed by atoms with Gasteiger partial charge in [-0.25, -0.2) is 0 Å². The molecule has 0 saturated carbocycles. The van der Waals surface area contributed by atoms with E-state index in [1.165, 1.54) is 6.42 Å². The van der Waals surface area contributed by atoms with Crippen molar-refractivity contribution in [3.05, 3.63) is 30.1 Å². The van der Waals surface area contributed by atoms with Crippen LogP contribution in [0.15, 0.2) is 24.5 Å². The number of nitrogens with zero attached hydrogens (tertiary/aromatic N) is 1. The quantitative estimate of drug-likeness (QED) is 0.866. The zero-order valence-corrected chi connectivity index (χ0v) is 10.7. The van der Waals surface area contributed by atoms with Gasteiger partial charge < -0.3 is 10.1 Å². The number of hydrogen-bond acceptors (Lipinski definition) is 3. The highest BCUT2D eigenvalue weighted by Crippen LogP contribution is 2.21. The summed E-state index contributed by atoms with van der Waals surface area (Å²) in [5.41, 5.74) is 1.24. The maximum Gasteiger partial charge on any atom is 0.138 e. The second-order valence-corrected chi connectivity index (χ2v) is 5.05. The molecule has 1 aromatic rings. The summed E-state index contributed by atoms with van der Waals surface area (Å²) in [6.45, 7) is 7.34. The van der Waals surface area contributed by atoms with Crippen molar-refractivity contribution in [2.45, 2.75) is 38.8 Å². The van der Waals surface area contributed by atoms with Crippen LogP contribution in [0.1, 0.15) is 32.8 Å². The van der Waals surface area contributed by atoms with Crippen LogP contribution in [-0.2, 0) is 0 Å². The summed E-state index contributed by atoms with van der Waals surface area (Å²) in [5, 5.41) is 3.40. The Morgan fingerprint density at radius 1 is 1.47 bits per heavy atom. The van der Waals surface area contributed by atoms with Gasteiger partial charge in [-0.3, -0.25) is 4.98 Å². The van der Waals surface area contributed by atoms with E-state index >= 15 is 0 Å². The van der Waals surface area contributed by atoms with Gasteiger partial charge in [-0.05, 0) is 45.4 Å². The van der Waals surface area contributed by atoms with Crippen LogP contribution in [0.25, 0.3) is 6.08 Å². The predicted octanol–water partition coefficient (Wildman–Crippen LogP) is 2.63. The third-order valence-corrected chi connectivity index (χ3v) is 2.92. The maximum atomic E-state index is 5.62. The molecule has 0 aliphatic carbocycles. The molecular weight excluding hydrogens is 212 g/mol. The van der Waals surface area contributed by atoms with Crippen molar-refractivity contribution in [3.63, 3.8) is 0 Å². The zero-order chi connectivity index (χ0) is 12.3. The minimum atomic E-state index is 0.162. The van der Waals surface area contributed by atoms with Crippen molar-refractivity contribution in [2.24, 2.45) is 0 Å². The van der Waals surface area contributed by atoms with E-state index in [9.17, 15) is 0 Å². The summed E-state index contributed by atoms with van der Waals surface area (Å²) >= 11 is 0. The van der Waals surface area contributed by atoms with E-state index < -0.39 is 0 Å². The van der Waals surface area contributed by atoms with E-state index in [2.05, 4.69) is 29.4 Å². The monoisotopic (exact) mass is 232 g/mol. The van der Waals surface area contributed by atoms with Gasteiger partial charge in [0.25, 0.3) is 0 Å².